The zero-order valence-corrected chi connectivity index (χ0v) is 9.11. The van der Waals surface area contributed by atoms with Crippen molar-refractivity contribution in [3.63, 3.8) is 0 Å². The van der Waals surface area contributed by atoms with Crippen molar-refractivity contribution in [3.05, 3.63) is 28.2 Å². The highest BCUT2D eigenvalue weighted by Crippen LogP contribution is 2.24. The van der Waals surface area contributed by atoms with Crippen molar-refractivity contribution in [1.82, 2.24) is 0 Å². The van der Waals surface area contributed by atoms with Crippen LogP contribution in [0, 0.1) is 0 Å². The van der Waals surface area contributed by atoms with Gasteiger partial charge < -0.3 is 5.11 Å². The van der Waals surface area contributed by atoms with E-state index in [-0.39, 0.29) is 0 Å². The molecule has 0 atom stereocenters. The highest BCUT2D eigenvalue weighted by molar-refractivity contribution is 9.10. The molecule has 0 aliphatic rings. The molecule has 66 valence electrons. The number of aromatic hydroxyl groups is 1. The Kier molecular flexibility index (Phi) is 3.95. The number of phenolic OH excluding ortho intramolecular Hbond substituents is 1. The van der Waals surface area contributed by atoms with E-state index < -0.39 is 0 Å². The molecular formula is C9H11BrOS. The quantitative estimate of drug-likeness (QED) is 0.786. The first kappa shape index (κ1) is 9.93. The summed E-state index contributed by atoms with van der Waals surface area (Å²) >= 11 is 7.40. The van der Waals surface area contributed by atoms with E-state index in [1.807, 2.05) is 12.1 Å². The molecule has 1 nitrogen and oxygen atoms in total. The van der Waals surface area contributed by atoms with E-state index >= 15 is 0 Å². The Bertz CT molecular complexity index is 263. The van der Waals surface area contributed by atoms with Crippen molar-refractivity contribution in [2.24, 2.45) is 0 Å². The van der Waals surface area contributed by atoms with Gasteiger partial charge in [-0.25, -0.2) is 0 Å². The summed E-state index contributed by atoms with van der Waals surface area (Å²) in [6.45, 7) is 0. The number of halogens is 1. The van der Waals surface area contributed by atoms with Gasteiger partial charge in [0.1, 0.15) is 5.75 Å². The maximum Gasteiger partial charge on any atom is 0.129 e. The molecule has 12 heavy (non-hydrogen) atoms. The Morgan fingerprint density at radius 3 is 2.75 bits per heavy atom. The first-order valence-electron chi connectivity index (χ1n) is 3.82. The van der Waals surface area contributed by atoms with Crippen LogP contribution in [0.5, 0.6) is 5.75 Å². The van der Waals surface area contributed by atoms with E-state index in [4.69, 9.17) is 0 Å². The summed E-state index contributed by atoms with van der Waals surface area (Å²) in [7, 11) is 0. The summed E-state index contributed by atoms with van der Waals surface area (Å²) in [6, 6.07) is 5.58. The summed E-state index contributed by atoms with van der Waals surface area (Å²) in [6.07, 6.45) is 2.09. The van der Waals surface area contributed by atoms with E-state index in [1.165, 1.54) is 5.56 Å². The third kappa shape index (κ3) is 2.72. The molecule has 0 aromatic heterocycles. The second kappa shape index (κ2) is 4.77. The minimum atomic E-state index is 0.296. The van der Waals surface area contributed by atoms with E-state index in [9.17, 15) is 5.11 Å². The van der Waals surface area contributed by atoms with E-state index in [0.717, 1.165) is 23.1 Å². The van der Waals surface area contributed by atoms with Crippen LogP contribution in [0.1, 0.15) is 12.0 Å². The highest BCUT2D eigenvalue weighted by atomic mass is 79.9. The Labute approximate surface area is 86.3 Å². The number of benzene rings is 1. The maximum absolute atomic E-state index is 9.21. The lowest BCUT2D eigenvalue weighted by molar-refractivity contribution is 0.471. The lowest BCUT2D eigenvalue weighted by Gasteiger charge is -2.01. The van der Waals surface area contributed by atoms with E-state index in [2.05, 4.69) is 28.6 Å². The Morgan fingerprint density at radius 1 is 1.42 bits per heavy atom. The van der Waals surface area contributed by atoms with Gasteiger partial charge in [-0.3, -0.25) is 0 Å². The minimum Gasteiger partial charge on any atom is -0.507 e. The molecule has 1 aromatic carbocycles. The van der Waals surface area contributed by atoms with Crippen molar-refractivity contribution >= 4 is 28.6 Å². The van der Waals surface area contributed by atoms with E-state index in [1.54, 1.807) is 6.07 Å². The maximum atomic E-state index is 9.21. The zero-order valence-electron chi connectivity index (χ0n) is 6.63. The number of thiol groups is 1. The summed E-state index contributed by atoms with van der Waals surface area (Å²) < 4.78 is 0.763. The van der Waals surface area contributed by atoms with Crippen molar-refractivity contribution in [3.8, 4) is 5.75 Å². The van der Waals surface area contributed by atoms with Gasteiger partial charge in [-0.15, -0.1) is 0 Å². The van der Waals surface area contributed by atoms with Crippen molar-refractivity contribution in [2.45, 2.75) is 12.8 Å². The fourth-order valence-electron chi connectivity index (χ4n) is 0.989. The number of hydrogen-bond acceptors (Lipinski definition) is 2. The molecule has 0 radical (unpaired) electrons. The van der Waals surface area contributed by atoms with Gasteiger partial charge in [-0.1, -0.05) is 6.07 Å². The van der Waals surface area contributed by atoms with Crippen LogP contribution in [0.25, 0.3) is 0 Å². The average Bonchev–Trinajstić information content (AvgIpc) is 2.07. The van der Waals surface area contributed by atoms with Gasteiger partial charge in [0, 0.05) is 0 Å². The highest BCUT2D eigenvalue weighted by Gasteiger charge is 1.98. The second-order valence-electron chi connectivity index (χ2n) is 2.61. The smallest absolute Gasteiger partial charge is 0.129 e. The molecule has 3 heteroatoms. The number of hydrogen-bond donors (Lipinski definition) is 2. The molecule has 0 heterocycles. The SMILES string of the molecule is Oc1ccc(CCCS)cc1Br. The van der Waals surface area contributed by atoms with Gasteiger partial charge in [0.15, 0.2) is 0 Å². The molecule has 0 unspecified atom stereocenters. The molecule has 0 spiro atoms. The van der Waals surface area contributed by atoms with Crippen LogP contribution in [-0.2, 0) is 6.42 Å². The first-order chi connectivity index (χ1) is 5.74. The fourth-order valence-corrected chi connectivity index (χ4v) is 1.57. The lowest BCUT2D eigenvalue weighted by atomic mass is 10.1. The van der Waals surface area contributed by atoms with Gasteiger partial charge in [0.05, 0.1) is 4.47 Å². The van der Waals surface area contributed by atoms with Gasteiger partial charge >= 0.3 is 0 Å². The largest absolute Gasteiger partial charge is 0.507 e. The fraction of sp³-hybridized carbons (Fsp3) is 0.333. The van der Waals surface area contributed by atoms with Crippen LogP contribution in [-0.4, -0.2) is 10.9 Å². The summed E-state index contributed by atoms with van der Waals surface area (Å²) in [5, 5.41) is 9.21. The molecule has 0 aliphatic heterocycles. The Balaban J connectivity index is 2.69. The number of aryl methyl sites for hydroxylation is 1. The third-order valence-electron chi connectivity index (χ3n) is 1.64. The van der Waals surface area contributed by atoms with Crippen LogP contribution in [0.4, 0.5) is 0 Å². The van der Waals surface area contributed by atoms with Gasteiger partial charge in [0.2, 0.25) is 0 Å². The molecule has 0 fully saturated rings. The normalized spacial score (nSPS) is 10.2. The van der Waals surface area contributed by atoms with Crippen molar-refractivity contribution in [2.75, 3.05) is 5.75 Å². The molecule has 0 saturated heterocycles. The van der Waals surface area contributed by atoms with Crippen molar-refractivity contribution in [1.29, 1.82) is 0 Å². The lowest BCUT2D eigenvalue weighted by Crippen LogP contribution is -1.85. The standard InChI is InChI=1S/C9H11BrOS/c10-8-6-7(2-1-5-12)3-4-9(8)11/h3-4,6,11-12H,1-2,5H2. The molecular weight excluding hydrogens is 236 g/mol. The number of rotatable bonds is 3. The van der Waals surface area contributed by atoms with Gasteiger partial charge in [-0.05, 0) is 52.2 Å². The van der Waals surface area contributed by atoms with Crippen LogP contribution in [0.2, 0.25) is 0 Å². The molecule has 0 saturated carbocycles. The predicted molar refractivity (Wildman–Crippen MR) is 58.0 cm³/mol. The molecule has 1 rings (SSSR count). The zero-order chi connectivity index (χ0) is 8.97. The summed E-state index contributed by atoms with van der Waals surface area (Å²) in [4.78, 5) is 0. The molecule has 0 bridgehead atoms. The number of phenols is 1. The molecule has 0 amide bonds. The van der Waals surface area contributed by atoms with Crippen LogP contribution in [0.3, 0.4) is 0 Å². The second-order valence-corrected chi connectivity index (χ2v) is 3.91. The Hall–Kier alpha value is -0.150. The topological polar surface area (TPSA) is 20.2 Å². The predicted octanol–water partition coefficient (Wildman–Crippen LogP) is 3.02. The Morgan fingerprint density at radius 2 is 2.17 bits per heavy atom. The average molecular weight is 247 g/mol. The van der Waals surface area contributed by atoms with Crippen LogP contribution < -0.4 is 0 Å². The van der Waals surface area contributed by atoms with Crippen LogP contribution in [0.15, 0.2) is 22.7 Å². The van der Waals surface area contributed by atoms with Gasteiger partial charge in [0.25, 0.3) is 0 Å². The summed E-state index contributed by atoms with van der Waals surface area (Å²) in [5.74, 6) is 1.20. The molecule has 1 aromatic rings. The molecule has 1 N–H and O–H groups in total. The summed E-state index contributed by atoms with van der Waals surface area (Å²) in [5.41, 5.74) is 1.23. The first-order valence-corrected chi connectivity index (χ1v) is 5.25. The third-order valence-corrected chi connectivity index (χ3v) is 2.59. The molecule has 0 aliphatic carbocycles. The van der Waals surface area contributed by atoms with Crippen LogP contribution >= 0.6 is 28.6 Å². The van der Waals surface area contributed by atoms with E-state index in [0.29, 0.717) is 5.75 Å². The van der Waals surface area contributed by atoms with Gasteiger partial charge in [-0.2, -0.15) is 12.6 Å². The monoisotopic (exact) mass is 246 g/mol. The minimum absolute atomic E-state index is 0.296. The van der Waals surface area contributed by atoms with Crippen molar-refractivity contribution < 1.29 is 5.11 Å².